The Labute approximate surface area is 125 Å². The molecular formula is C14H15N3O3S. The van der Waals surface area contributed by atoms with Gasteiger partial charge in [0, 0.05) is 30.9 Å². The van der Waals surface area contributed by atoms with E-state index in [9.17, 15) is 9.59 Å². The Morgan fingerprint density at radius 2 is 2.33 bits per heavy atom. The van der Waals surface area contributed by atoms with Crippen LogP contribution in [0.15, 0.2) is 16.9 Å². The van der Waals surface area contributed by atoms with Crippen molar-refractivity contribution in [2.45, 2.75) is 26.4 Å². The molecule has 0 atom stereocenters. The first kappa shape index (κ1) is 14.0. The Morgan fingerprint density at radius 3 is 3.05 bits per heavy atom. The molecule has 0 saturated carbocycles. The number of thiophene rings is 1. The van der Waals surface area contributed by atoms with Gasteiger partial charge in [0.15, 0.2) is 0 Å². The van der Waals surface area contributed by atoms with Gasteiger partial charge in [0.2, 0.25) is 0 Å². The summed E-state index contributed by atoms with van der Waals surface area (Å²) in [6, 6.07) is 3.46. The molecule has 2 aromatic rings. The number of H-pyrrole nitrogens is 1. The molecule has 110 valence electrons. The minimum Gasteiger partial charge on any atom is -0.477 e. The number of carboxylic acid groups (broad SMARTS) is 1. The van der Waals surface area contributed by atoms with E-state index in [1.165, 1.54) is 11.3 Å². The molecule has 2 aromatic heterocycles. The van der Waals surface area contributed by atoms with Crippen LogP contribution in [0, 0.1) is 6.92 Å². The van der Waals surface area contributed by atoms with E-state index in [4.69, 9.17) is 5.11 Å². The van der Waals surface area contributed by atoms with Crippen molar-refractivity contribution < 1.29 is 9.90 Å². The highest BCUT2D eigenvalue weighted by atomic mass is 32.1. The Morgan fingerprint density at radius 1 is 1.52 bits per heavy atom. The molecule has 0 unspecified atom stereocenters. The average molecular weight is 305 g/mol. The molecule has 0 radical (unpaired) electrons. The van der Waals surface area contributed by atoms with E-state index in [1.807, 2.05) is 6.07 Å². The fourth-order valence-electron chi connectivity index (χ4n) is 2.54. The van der Waals surface area contributed by atoms with Gasteiger partial charge < -0.3 is 10.1 Å². The predicted molar refractivity (Wildman–Crippen MR) is 78.7 cm³/mol. The number of aromatic carboxylic acids is 1. The Balaban J connectivity index is 1.77. The summed E-state index contributed by atoms with van der Waals surface area (Å²) in [6.07, 6.45) is 0.747. The summed E-state index contributed by atoms with van der Waals surface area (Å²) in [5.41, 5.74) is 1.53. The molecule has 3 rings (SSSR count). The van der Waals surface area contributed by atoms with Gasteiger partial charge in [-0.15, -0.1) is 11.3 Å². The van der Waals surface area contributed by atoms with Gasteiger partial charge in [-0.05, 0) is 19.1 Å². The van der Waals surface area contributed by atoms with Gasteiger partial charge in [-0.3, -0.25) is 9.69 Å². The number of carboxylic acids is 1. The summed E-state index contributed by atoms with van der Waals surface area (Å²) >= 11 is 1.28. The van der Waals surface area contributed by atoms with Crippen LogP contribution in [0.2, 0.25) is 0 Å². The summed E-state index contributed by atoms with van der Waals surface area (Å²) < 4.78 is 0. The van der Waals surface area contributed by atoms with Crippen LogP contribution in [0.25, 0.3) is 0 Å². The highest BCUT2D eigenvalue weighted by Crippen LogP contribution is 2.21. The summed E-state index contributed by atoms with van der Waals surface area (Å²) in [5.74, 6) is -0.247. The quantitative estimate of drug-likeness (QED) is 0.895. The van der Waals surface area contributed by atoms with Gasteiger partial charge in [0.25, 0.3) is 5.56 Å². The molecular weight excluding hydrogens is 290 g/mol. The van der Waals surface area contributed by atoms with Gasteiger partial charge in [-0.2, -0.15) is 0 Å². The van der Waals surface area contributed by atoms with E-state index in [2.05, 4.69) is 14.9 Å². The number of nitrogens with zero attached hydrogens (tertiary/aromatic N) is 2. The maximum atomic E-state index is 12.0. The van der Waals surface area contributed by atoms with E-state index in [1.54, 1.807) is 13.0 Å². The Bertz CT molecular complexity index is 750. The molecule has 21 heavy (non-hydrogen) atoms. The van der Waals surface area contributed by atoms with Gasteiger partial charge in [0.1, 0.15) is 10.7 Å². The first-order valence-corrected chi connectivity index (χ1v) is 7.47. The van der Waals surface area contributed by atoms with Crippen LogP contribution < -0.4 is 5.56 Å². The van der Waals surface area contributed by atoms with E-state index >= 15 is 0 Å². The summed E-state index contributed by atoms with van der Waals surface area (Å²) in [7, 11) is 0. The van der Waals surface area contributed by atoms with Gasteiger partial charge in [-0.1, -0.05) is 0 Å². The first-order chi connectivity index (χ1) is 10.0. The topological polar surface area (TPSA) is 86.3 Å². The van der Waals surface area contributed by atoms with Gasteiger partial charge in [0.05, 0.1) is 11.3 Å². The maximum absolute atomic E-state index is 12.0. The lowest BCUT2D eigenvalue weighted by molar-refractivity contribution is 0.0702. The molecule has 6 nitrogen and oxygen atoms in total. The van der Waals surface area contributed by atoms with Crippen LogP contribution in [0.4, 0.5) is 0 Å². The third-order valence-corrected chi connectivity index (χ3v) is 4.58. The molecule has 1 aliphatic heterocycles. The van der Waals surface area contributed by atoms with Crippen molar-refractivity contribution in [1.29, 1.82) is 0 Å². The molecule has 0 fully saturated rings. The van der Waals surface area contributed by atoms with Crippen molar-refractivity contribution in [2.24, 2.45) is 0 Å². The molecule has 0 spiro atoms. The molecule has 3 heterocycles. The van der Waals surface area contributed by atoms with Gasteiger partial charge in [-0.25, -0.2) is 9.78 Å². The SMILES string of the molecule is Cc1nc2c(c(=O)[nH]1)CN(Cc1ccc(C(=O)O)s1)CC2. The molecule has 7 heteroatoms. The fraction of sp³-hybridized carbons (Fsp3) is 0.357. The molecule has 0 aromatic carbocycles. The van der Waals surface area contributed by atoms with Crippen molar-refractivity contribution in [1.82, 2.24) is 14.9 Å². The standard InChI is InChI=1S/C14H15N3O3S/c1-8-15-11-4-5-17(7-10(11)13(18)16-8)6-9-2-3-12(21-9)14(19)20/h2-3H,4-7H2,1H3,(H,19,20)(H,15,16,18). The lowest BCUT2D eigenvalue weighted by Gasteiger charge is -2.27. The summed E-state index contributed by atoms with van der Waals surface area (Å²) in [6.45, 7) is 3.82. The predicted octanol–water partition coefficient (Wildman–Crippen LogP) is 1.40. The number of rotatable bonds is 3. The molecule has 0 bridgehead atoms. The Hall–Kier alpha value is -1.99. The highest BCUT2D eigenvalue weighted by molar-refractivity contribution is 7.13. The van der Waals surface area contributed by atoms with E-state index in [0.29, 0.717) is 23.8 Å². The summed E-state index contributed by atoms with van der Waals surface area (Å²) in [5, 5.41) is 8.94. The third kappa shape index (κ3) is 2.88. The minimum absolute atomic E-state index is 0.0698. The number of hydrogen-bond donors (Lipinski definition) is 2. The van der Waals surface area contributed by atoms with Crippen LogP contribution in [0.5, 0.6) is 0 Å². The van der Waals surface area contributed by atoms with Crippen molar-refractivity contribution >= 4 is 17.3 Å². The zero-order valence-corrected chi connectivity index (χ0v) is 12.4. The third-order valence-electron chi connectivity index (χ3n) is 3.52. The molecule has 0 amide bonds. The number of fused-ring (bicyclic) bond motifs is 1. The van der Waals surface area contributed by atoms with Crippen LogP contribution in [-0.2, 0) is 19.5 Å². The molecule has 0 aliphatic carbocycles. The van der Waals surface area contributed by atoms with E-state index < -0.39 is 5.97 Å². The second-order valence-electron chi connectivity index (χ2n) is 5.11. The number of aromatic amines is 1. The van der Waals surface area contributed by atoms with Crippen LogP contribution in [0.3, 0.4) is 0 Å². The highest BCUT2D eigenvalue weighted by Gasteiger charge is 2.21. The smallest absolute Gasteiger partial charge is 0.345 e. The average Bonchev–Trinajstić information content (AvgIpc) is 2.88. The van der Waals surface area contributed by atoms with Crippen molar-refractivity contribution in [3.63, 3.8) is 0 Å². The normalized spacial score (nSPS) is 14.9. The molecule has 1 aliphatic rings. The largest absolute Gasteiger partial charge is 0.477 e. The van der Waals surface area contributed by atoms with E-state index in [-0.39, 0.29) is 5.56 Å². The summed E-state index contributed by atoms with van der Waals surface area (Å²) in [4.78, 5) is 33.5. The monoisotopic (exact) mass is 305 g/mol. The zero-order chi connectivity index (χ0) is 15.0. The molecule has 2 N–H and O–H groups in total. The van der Waals surface area contributed by atoms with Gasteiger partial charge >= 0.3 is 5.97 Å². The van der Waals surface area contributed by atoms with E-state index in [0.717, 1.165) is 29.1 Å². The number of aromatic nitrogens is 2. The Kier molecular flexibility index (Phi) is 3.60. The lowest BCUT2D eigenvalue weighted by atomic mass is 10.1. The first-order valence-electron chi connectivity index (χ1n) is 6.66. The maximum Gasteiger partial charge on any atom is 0.345 e. The lowest BCUT2D eigenvalue weighted by Crippen LogP contribution is -2.35. The van der Waals surface area contributed by atoms with Crippen LogP contribution in [0.1, 0.15) is 31.6 Å². The fourth-order valence-corrected chi connectivity index (χ4v) is 3.43. The van der Waals surface area contributed by atoms with Crippen molar-refractivity contribution in [3.05, 3.63) is 49.3 Å². The number of aryl methyl sites for hydroxylation is 1. The second-order valence-corrected chi connectivity index (χ2v) is 6.28. The van der Waals surface area contributed by atoms with Crippen LogP contribution in [-0.4, -0.2) is 32.5 Å². The van der Waals surface area contributed by atoms with Crippen molar-refractivity contribution in [3.8, 4) is 0 Å². The van der Waals surface area contributed by atoms with Crippen LogP contribution >= 0.6 is 11.3 Å². The minimum atomic E-state index is -0.897. The zero-order valence-electron chi connectivity index (χ0n) is 11.5. The number of nitrogens with one attached hydrogen (secondary N) is 1. The number of carbonyl (C=O) groups is 1. The second kappa shape index (κ2) is 5.42. The van der Waals surface area contributed by atoms with Crippen molar-refractivity contribution in [2.75, 3.05) is 6.54 Å². The number of hydrogen-bond acceptors (Lipinski definition) is 5. The molecule has 0 saturated heterocycles.